The van der Waals surface area contributed by atoms with Crippen LogP contribution in [0.25, 0.3) is 11.3 Å². The minimum absolute atomic E-state index is 0.00665. The van der Waals surface area contributed by atoms with E-state index in [1.165, 1.54) is 11.5 Å². The third-order valence-electron chi connectivity index (χ3n) is 2.19. The third kappa shape index (κ3) is 3.52. The Labute approximate surface area is 114 Å². The van der Waals surface area contributed by atoms with Gasteiger partial charge in [0.05, 0.1) is 18.6 Å². The molecule has 0 aliphatic rings. The summed E-state index contributed by atoms with van der Waals surface area (Å²) in [7, 11) is -3.45. The van der Waals surface area contributed by atoms with Gasteiger partial charge in [-0.1, -0.05) is 23.7 Å². The number of nitrogens with zero attached hydrogens (tertiary/aromatic N) is 1. The van der Waals surface area contributed by atoms with Crippen molar-refractivity contribution in [2.75, 3.05) is 6.26 Å². The number of benzene rings is 1. The lowest BCUT2D eigenvalue weighted by Crippen LogP contribution is -2.02. The molecular formula is C11H10ClNO3S2. The lowest BCUT2D eigenvalue weighted by molar-refractivity contribution is 0.312. The predicted molar refractivity (Wildman–Crippen MR) is 72.2 cm³/mol. The summed E-state index contributed by atoms with van der Waals surface area (Å²) in [5.74, 6) is 0. The molecule has 1 heterocycles. The second-order valence-electron chi connectivity index (χ2n) is 3.66. The Balaban J connectivity index is 2.25. The van der Waals surface area contributed by atoms with Crippen molar-refractivity contribution in [3.8, 4) is 11.3 Å². The second-order valence-corrected chi connectivity index (χ2v) is 6.37. The topological polar surface area (TPSA) is 56.3 Å². The first-order valence-corrected chi connectivity index (χ1v) is 8.02. The van der Waals surface area contributed by atoms with Crippen molar-refractivity contribution < 1.29 is 12.6 Å². The molecule has 18 heavy (non-hydrogen) atoms. The highest BCUT2D eigenvalue weighted by molar-refractivity contribution is 7.85. The van der Waals surface area contributed by atoms with Gasteiger partial charge in [0.2, 0.25) is 0 Å². The van der Waals surface area contributed by atoms with Crippen LogP contribution < -0.4 is 0 Å². The maximum atomic E-state index is 11.0. The van der Waals surface area contributed by atoms with Gasteiger partial charge in [-0.05, 0) is 23.7 Å². The molecule has 0 saturated heterocycles. The van der Waals surface area contributed by atoms with Crippen LogP contribution in [0.2, 0.25) is 5.02 Å². The average Bonchev–Trinajstić information content (AvgIpc) is 2.75. The lowest BCUT2D eigenvalue weighted by Gasteiger charge is -2.03. The Bertz CT molecular complexity index is 635. The molecule has 0 aliphatic heterocycles. The quantitative estimate of drug-likeness (QED) is 0.815. The van der Waals surface area contributed by atoms with Gasteiger partial charge in [0.25, 0.3) is 10.1 Å². The van der Waals surface area contributed by atoms with Gasteiger partial charge >= 0.3 is 0 Å². The van der Waals surface area contributed by atoms with Crippen molar-refractivity contribution in [3.05, 3.63) is 40.2 Å². The zero-order valence-electron chi connectivity index (χ0n) is 9.46. The zero-order chi connectivity index (χ0) is 13.2. The molecule has 0 aliphatic carbocycles. The summed E-state index contributed by atoms with van der Waals surface area (Å²) < 4.78 is 30.9. The van der Waals surface area contributed by atoms with E-state index in [-0.39, 0.29) is 6.61 Å². The summed E-state index contributed by atoms with van der Waals surface area (Å²) in [6, 6.07) is 7.19. The molecule has 96 valence electrons. The van der Waals surface area contributed by atoms with Crippen LogP contribution in [0.4, 0.5) is 0 Å². The number of halogens is 1. The standard InChI is InChI=1S/C11H10ClNO3S2/c1-18(14,15)16-6-9-7-17-13-11(9)8-2-4-10(12)5-3-8/h2-5,7H,6H2,1H3. The van der Waals surface area contributed by atoms with Gasteiger partial charge in [-0.15, -0.1) is 0 Å². The summed E-state index contributed by atoms with van der Waals surface area (Å²) in [6.07, 6.45) is 1.02. The number of hydrogen-bond donors (Lipinski definition) is 0. The van der Waals surface area contributed by atoms with Crippen LogP contribution >= 0.6 is 23.1 Å². The molecule has 0 amide bonds. The van der Waals surface area contributed by atoms with Crippen molar-refractivity contribution in [2.45, 2.75) is 6.61 Å². The predicted octanol–water partition coefficient (Wildman–Crippen LogP) is 2.94. The molecule has 7 heteroatoms. The Morgan fingerprint density at radius 3 is 2.61 bits per heavy atom. The molecule has 0 N–H and O–H groups in total. The molecule has 1 aromatic carbocycles. The fourth-order valence-corrected chi connectivity index (χ4v) is 2.53. The molecule has 0 radical (unpaired) electrons. The van der Waals surface area contributed by atoms with Crippen molar-refractivity contribution in [1.82, 2.24) is 4.37 Å². The Morgan fingerprint density at radius 1 is 1.33 bits per heavy atom. The van der Waals surface area contributed by atoms with Crippen LogP contribution in [0.5, 0.6) is 0 Å². The highest BCUT2D eigenvalue weighted by Gasteiger charge is 2.11. The molecule has 0 unspecified atom stereocenters. The Morgan fingerprint density at radius 2 is 2.00 bits per heavy atom. The number of rotatable bonds is 4. The zero-order valence-corrected chi connectivity index (χ0v) is 11.8. The van der Waals surface area contributed by atoms with Crippen LogP contribution in [0.1, 0.15) is 5.56 Å². The fourth-order valence-electron chi connectivity index (χ4n) is 1.38. The van der Waals surface area contributed by atoms with Crippen molar-refractivity contribution >= 4 is 33.3 Å². The van der Waals surface area contributed by atoms with E-state index in [2.05, 4.69) is 4.37 Å². The van der Waals surface area contributed by atoms with Crippen molar-refractivity contribution in [1.29, 1.82) is 0 Å². The first kappa shape index (κ1) is 13.5. The summed E-state index contributed by atoms with van der Waals surface area (Å²) >= 11 is 7.07. The Kier molecular flexibility index (Phi) is 4.01. The van der Waals surface area contributed by atoms with E-state index in [0.717, 1.165) is 23.1 Å². The van der Waals surface area contributed by atoms with E-state index in [0.29, 0.717) is 5.02 Å². The van der Waals surface area contributed by atoms with Gasteiger partial charge in [0.1, 0.15) is 0 Å². The lowest BCUT2D eigenvalue weighted by atomic mass is 10.1. The highest BCUT2D eigenvalue weighted by atomic mass is 35.5. The second kappa shape index (κ2) is 5.36. The maximum absolute atomic E-state index is 11.0. The molecule has 4 nitrogen and oxygen atoms in total. The number of aromatic nitrogens is 1. The molecule has 0 saturated carbocycles. The molecule has 2 aromatic rings. The summed E-state index contributed by atoms with van der Waals surface area (Å²) in [5, 5.41) is 2.41. The van der Waals surface area contributed by atoms with Crippen LogP contribution in [-0.2, 0) is 20.9 Å². The Hall–Kier alpha value is -0.950. The van der Waals surface area contributed by atoms with E-state index in [4.69, 9.17) is 15.8 Å². The van der Waals surface area contributed by atoms with Gasteiger partial charge in [-0.25, -0.2) is 0 Å². The normalized spacial score (nSPS) is 11.7. The first-order valence-electron chi connectivity index (χ1n) is 4.99. The molecule has 0 bridgehead atoms. The van der Waals surface area contributed by atoms with Crippen molar-refractivity contribution in [2.24, 2.45) is 0 Å². The minimum atomic E-state index is -3.45. The molecular weight excluding hydrogens is 294 g/mol. The van der Waals surface area contributed by atoms with Gasteiger partial charge in [-0.2, -0.15) is 12.8 Å². The molecule has 0 spiro atoms. The smallest absolute Gasteiger partial charge is 0.264 e. The first-order chi connectivity index (χ1) is 8.46. The SMILES string of the molecule is CS(=O)(=O)OCc1csnc1-c1ccc(Cl)cc1. The maximum Gasteiger partial charge on any atom is 0.264 e. The van der Waals surface area contributed by atoms with E-state index in [9.17, 15) is 8.42 Å². The number of hydrogen-bond acceptors (Lipinski definition) is 5. The van der Waals surface area contributed by atoms with Crippen molar-refractivity contribution in [3.63, 3.8) is 0 Å². The van der Waals surface area contributed by atoms with Gasteiger partial charge in [0, 0.05) is 21.5 Å². The largest absolute Gasteiger partial charge is 0.265 e. The van der Waals surface area contributed by atoms with E-state index >= 15 is 0 Å². The summed E-state index contributed by atoms with van der Waals surface area (Å²) in [4.78, 5) is 0. The summed E-state index contributed by atoms with van der Waals surface area (Å²) in [5.41, 5.74) is 2.35. The molecule has 0 fully saturated rings. The van der Waals surface area contributed by atoms with Gasteiger partial charge in [-0.3, -0.25) is 4.18 Å². The van der Waals surface area contributed by atoms with Crippen LogP contribution in [-0.4, -0.2) is 19.0 Å². The van der Waals surface area contributed by atoms with E-state index in [1.54, 1.807) is 17.5 Å². The molecule has 1 aromatic heterocycles. The molecule has 2 rings (SSSR count). The average molecular weight is 304 g/mol. The van der Waals surface area contributed by atoms with E-state index < -0.39 is 10.1 Å². The third-order valence-corrected chi connectivity index (χ3v) is 3.67. The van der Waals surface area contributed by atoms with Crippen LogP contribution in [0.15, 0.2) is 29.6 Å². The minimum Gasteiger partial charge on any atom is -0.265 e. The van der Waals surface area contributed by atoms with E-state index in [1.807, 2.05) is 12.1 Å². The van der Waals surface area contributed by atoms with Crippen LogP contribution in [0, 0.1) is 0 Å². The van der Waals surface area contributed by atoms with Gasteiger partial charge in [0.15, 0.2) is 0 Å². The van der Waals surface area contributed by atoms with Crippen LogP contribution in [0.3, 0.4) is 0 Å². The summed E-state index contributed by atoms with van der Waals surface area (Å²) in [6.45, 7) is -0.00665. The van der Waals surface area contributed by atoms with Gasteiger partial charge < -0.3 is 0 Å². The fraction of sp³-hybridized carbons (Fsp3) is 0.182. The highest BCUT2D eigenvalue weighted by Crippen LogP contribution is 2.26. The monoisotopic (exact) mass is 303 g/mol. The molecule has 0 atom stereocenters.